The van der Waals surface area contributed by atoms with E-state index in [1.807, 2.05) is 84.2 Å². The maximum absolute atomic E-state index is 14.4. The molecule has 1 aliphatic heterocycles. The second kappa shape index (κ2) is 16.5. The van der Waals surface area contributed by atoms with Gasteiger partial charge in [-0.25, -0.2) is 0 Å². The van der Waals surface area contributed by atoms with Gasteiger partial charge in [-0.1, -0.05) is 78.9 Å². The van der Waals surface area contributed by atoms with Gasteiger partial charge in [-0.2, -0.15) is 0 Å². The first-order chi connectivity index (χ1) is 22.4. The van der Waals surface area contributed by atoms with Crippen LogP contribution >= 0.6 is 11.3 Å². The number of hydrogen-bond donors (Lipinski definition) is 2. The van der Waals surface area contributed by atoms with Crippen LogP contribution in [0.15, 0.2) is 90.3 Å². The molecule has 1 aliphatic rings. The topological polar surface area (TPSA) is 91.0 Å². The molecular formula is C37H44N4O4S. The van der Waals surface area contributed by atoms with E-state index in [9.17, 15) is 14.4 Å². The zero-order chi connectivity index (χ0) is 32.3. The fourth-order valence-electron chi connectivity index (χ4n) is 5.95. The summed E-state index contributed by atoms with van der Waals surface area (Å²) < 4.78 is 5.79. The first kappa shape index (κ1) is 33.3. The van der Waals surface area contributed by atoms with E-state index in [0.29, 0.717) is 32.4 Å². The van der Waals surface area contributed by atoms with Crippen LogP contribution in [0.1, 0.15) is 28.8 Å². The molecule has 3 aromatic carbocycles. The van der Waals surface area contributed by atoms with Gasteiger partial charge in [0.2, 0.25) is 17.7 Å². The van der Waals surface area contributed by atoms with Crippen LogP contribution in [0.5, 0.6) is 0 Å². The van der Waals surface area contributed by atoms with E-state index in [1.54, 1.807) is 25.4 Å². The highest BCUT2D eigenvalue weighted by Crippen LogP contribution is 2.21. The molecule has 2 N–H and O–H groups in total. The van der Waals surface area contributed by atoms with Gasteiger partial charge in [0.05, 0.1) is 6.61 Å². The maximum Gasteiger partial charge on any atom is 0.249 e. The average molecular weight is 641 g/mol. The zero-order valence-corrected chi connectivity index (χ0v) is 27.5. The summed E-state index contributed by atoms with van der Waals surface area (Å²) >= 11 is 1.56. The fourth-order valence-corrected chi connectivity index (χ4v) is 6.69. The molecule has 8 nitrogen and oxygen atoms in total. The summed E-state index contributed by atoms with van der Waals surface area (Å²) in [7, 11) is 3.33. The highest BCUT2D eigenvalue weighted by molar-refractivity contribution is 7.09. The molecule has 3 amide bonds. The van der Waals surface area contributed by atoms with Gasteiger partial charge in [0, 0.05) is 44.4 Å². The largest absolute Gasteiger partial charge is 0.370 e. The van der Waals surface area contributed by atoms with Crippen LogP contribution in [0.3, 0.4) is 0 Å². The Balaban J connectivity index is 1.34. The summed E-state index contributed by atoms with van der Waals surface area (Å²) in [5.74, 6) is -0.778. The van der Waals surface area contributed by atoms with Crippen molar-refractivity contribution in [1.82, 2.24) is 20.4 Å². The quantitative estimate of drug-likeness (QED) is 0.200. The van der Waals surface area contributed by atoms with Crippen molar-refractivity contribution in [1.29, 1.82) is 0 Å². The highest BCUT2D eigenvalue weighted by atomic mass is 32.1. The van der Waals surface area contributed by atoms with Gasteiger partial charge < -0.3 is 25.2 Å². The molecule has 0 spiro atoms. The summed E-state index contributed by atoms with van der Waals surface area (Å²) in [6, 6.07) is 26.8. The van der Waals surface area contributed by atoms with E-state index < -0.39 is 12.1 Å². The van der Waals surface area contributed by atoms with Crippen molar-refractivity contribution in [3.8, 4) is 0 Å². The van der Waals surface area contributed by atoms with E-state index in [0.717, 1.165) is 46.2 Å². The van der Waals surface area contributed by atoms with Crippen molar-refractivity contribution < 1.29 is 19.1 Å². The minimum Gasteiger partial charge on any atom is -0.370 e. The second-order valence-corrected chi connectivity index (χ2v) is 13.0. The molecule has 3 atom stereocenters. The van der Waals surface area contributed by atoms with Gasteiger partial charge in [0.15, 0.2) is 0 Å². The number of nitrogens with one attached hydrogen (secondary N) is 2. The summed E-state index contributed by atoms with van der Waals surface area (Å²) in [5, 5.41) is 10.6. The molecular weight excluding hydrogens is 596 g/mol. The Morgan fingerprint density at radius 2 is 1.67 bits per heavy atom. The number of nitrogens with zero attached hydrogens (tertiary/aromatic N) is 2. The van der Waals surface area contributed by atoms with E-state index in [4.69, 9.17) is 4.74 Å². The molecule has 0 aliphatic carbocycles. The Hall–Kier alpha value is -4.05. The normalized spacial score (nSPS) is 15.7. The Morgan fingerprint density at radius 3 is 2.41 bits per heavy atom. The van der Waals surface area contributed by atoms with Crippen LogP contribution in [0.4, 0.5) is 0 Å². The number of ether oxygens (including phenoxy) is 1. The van der Waals surface area contributed by atoms with Gasteiger partial charge in [0.25, 0.3) is 0 Å². The third-order valence-corrected chi connectivity index (χ3v) is 9.64. The van der Waals surface area contributed by atoms with Gasteiger partial charge in [-0.15, -0.1) is 11.3 Å². The third-order valence-electron chi connectivity index (χ3n) is 8.74. The first-order valence-corrected chi connectivity index (χ1v) is 16.9. The minimum absolute atomic E-state index is 0.113. The molecule has 1 saturated heterocycles. The second-order valence-electron chi connectivity index (χ2n) is 12.0. The number of hydrogen-bond acceptors (Lipinski definition) is 6. The zero-order valence-electron chi connectivity index (χ0n) is 26.7. The number of rotatable bonds is 15. The van der Waals surface area contributed by atoms with E-state index in [-0.39, 0.29) is 30.4 Å². The number of benzene rings is 3. The van der Waals surface area contributed by atoms with Crippen molar-refractivity contribution >= 4 is 39.8 Å². The lowest BCUT2D eigenvalue weighted by Crippen LogP contribution is -2.56. The average Bonchev–Trinajstić information content (AvgIpc) is 3.80. The molecule has 2 heterocycles. The van der Waals surface area contributed by atoms with Crippen LogP contribution < -0.4 is 10.6 Å². The third kappa shape index (κ3) is 9.02. The molecule has 0 radical (unpaired) electrons. The molecule has 4 aromatic rings. The van der Waals surface area contributed by atoms with Crippen molar-refractivity contribution in [3.63, 3.8) is 0 Å². The number of carbonyl (C=O) groups excluding carboxylic acids is 3. The lowest BCUT2D eigenvalue weighted by atomic mass is 9.99. The molecule has 0 bridgehead atoms. The number of thiophene rings is 1. The molecule has 5 rings (SSSR count). The van der Waals surface area contributed by atoms with Crippen molar-refractivity contribution in [2.24, 2.45) is 0 Å². The molecule has 1 fully saturated rings. The van der Waals surface area contributed by atoms with Crippen molar-refractivity contribution in [3.05, 3.63) is 106 Å². The van der Waals surface area contributed by atoms with Crippen LogP contribution in [-0.4, -0.2) is 86.0 Å². The Kier molecular flexibility index (Phi) is 11.9. The number of carbonyl (C=O) groups is 3. The maximum atomic E-state index is 14.4. The molecule has 242 valence electrons. The van der Waals surface area contributed by atoms with Crippen molar-refractivity contribution in [2.45, 2.75) is 50.2 Å². The smallest absolute Gasteiger partial charge is 0.249 e. The van der Waals surface area contributed by atoms with Crippen LogP contribution in [0.25, 0.3) is 10.8 Å². The van der Waals surface area contributed by atoms with E-state index >= 15 is 0 Å². The lowest BCUT2D eigenvalue weighted by Gasteiger charge is -2.34. The van der Waals surface area contributed by atoms with Gasteiger partial charge in [-0.3, -0.25) is 14.4 Å². The predicted octanol–water partition coefficient (Wildman–Crippen LogP) is 4.47. The Labute approximate surface area is 275 Å². The minimum atomic E-state index is -0.824. The highest BCUT2D eigenvalue weighted by Gasteiger charge is 2.35. The molecule has 0 unspecified atom stereocenters. The fraction of sp³-hybridized carbons (Fsp3) is 0.378. The van der Waals surface area contributed by atoms with E-state index in [2.05, 4.69) is 16.7 Å². The Bertz CT molecular complexity index is 1570. The van der Waals surface area contributed by atoms with E-state index in [1.165, 1.54) is 9.80 Å². The predicted molar refractivity (Wildman–Crippen MR) is 184 cm³/mol. The molecule has 46 heavy (non-hydrogen) atoms. The van der Waals surface area contributed by atoms with Crippen molar-refractivity contribution in [2.75, 3.05) is 40.4 Å². The van der Waals surface area contributed by atoms with Crippen LogP contribution in [-0.2, 0) is 38.4 Å². The van der Waals surface area contributed by atoms with Crippen LogP contribution in [0, 0.1) is 0 Å². The number of amides is 3. The van der Waals surface area contributed by atoms with Gasteiger partial charge >= 0.3 is 0 Å². The van der Waals surface area contributed by atoms with Gasteiger partial charge in [-0.05, 0) is 59.2 Å². The van der Waals surface area contributed by atoms with Crippen LogP contribution in [0.2, 0.25) is 0 Å². The Morgan fingerprint density at radius 1 is 0.891 bits per heavy atom. The lowest BCUT2D eigenvalue weighted by molar-refractivity contribution is -0.149. The monoisotopic (exact) mass is 640 g/mol. The summed E-state index contributed by atoms with van der Waals surface area (Å²) in [4.78, 5) is 45.6. The summed E-state index contributed by atoms with van der Waals surface area (Å²) in [6.45, 7) is 1.76. The SMILES string of the molecule is CN(C(=O)COC[C@H]1CCCN1)[C@H](Cc1ccc2ccccc2c1)C(=O)N(C)[C@H](Cc1cccs1)C(=O)NCCc1ccccc1. The summed E-state index contributed by atoms with van der Waals surface area (Å²) in [5.41, 5.74) is 2.06. The molecule has 9 heteroatoms. The first-order valence-electron chi connectivity index (χ1n) is 16.0. The standard InChI is InChI=1S/C37H44N4O4S/c1-40(35(42)26-45-25-31-14-8-19-38-31)34(23-28-16-17-29-12-6-7-13-30(29)22-28)37(44)41(2)33(24-32-15-9-21-46-32)36(43)39-20-18-27-10-4-3-5-11-27/h3-7,9-13,15-17,21-22,31,33-34,38H,8,14,18-20,23-26H2,1-2H3,(H,39,43)/t31-,33-,34-/m1/s1. The van der Waals surface area contributed by atoms with Gasteiger partial charge in [0.1, 0.15) is 18.7 Å². The summed E-state index contributed by atoms with van der Waals surface area (Å²) in [6.07, 6.45) is 3.50. The number of likely N-dealkylation sites (N-methyl/N-ethyl adjacent to an activating group) is 2. The molecule has 1 aromatic heterocycles. The molecule has 0 saturated carbocycles. The number of fused-ring (bicyclic) bond motifs is 1.